The van der Waals surface area contributed by atoms with E-state index in [0.29, 0.717) is 0 Å². The van der Waals surface area contributed by atoms with Crippen LogP contribution < -0.4 is 5.73 Å². The van der Waals surface area contributed by atoms with E-state index in [-0.39, 0.29) is 0 Å². The molecule has 0 aromatic carbocycles. The van der Waals surface area contributed by atoms with Gasteiger partial charge in [-0.1, -0.05) is 13.8 Å². The second-order valence-electron chi connectivity index (χ2n) is 4.54. The Labute approximate surface area is 108 Å². The van der Waals surface area contributed by atoms with Crippen molar-refractivity contribution in [2.75, 3.05) is 5.73 Å². The number of aromatic nitrogens is 4. The second-order valence-corrected chi connectivity index (χ2v) is 4.54. The first-order valence-corrected chi connectivity index (χ1v) is 6.52. The van der Waals surface area contributed by atoms with E-state index < -0.39 is 0 Å². The summed E-state index contributed by atoms with van der Waals surface area (Å²) in [7, 11) is 0. The van der Waals surface area contributed by atoms with Crippen LogP contribution in [0.5, 0.6) is 0 Å². The summed E-state index contributed by atoms with van der Waals surface area (Å²) in [4.78, 5) is 4.56. The third kappa shape index (κ3) is 2.25. The van der Waals surface area contributed by atoms with E-state index in [2.05, 4.69) is 28.5 Å². The van der Waals surface area contributed by atoms with Gasteiger partial charge in [0.2, 0.25) is 0 Å². The second kappa shape index (κ2) is 5.25. The molecule has 18 heavy (non-hydrogen) atoms. The number of aryl methyl sites for hydroxylation is 2. The van der Waals surface area contributed by atoms with Crippen LogP contribution in [-0.2, 0) is 13.1 Å². The summed E-state index contributed by atoms with van der Waals surface area (Å²) in [5.74, 6) is 1.71. The molecule has 0 spiro atoms. The quantitative estimate of drug-likeness (QED) is 0.882. The van der Waals surface area contributed by atoms with Crippen LogP contribution >= 0.6 is 0 Å². The van der Waals surface area contributed by atoms with Gasteiger partial charge < -0.3 is 10.3 Å². The normalized spacial score (nSPS) is 11.1. The number of anilines is 1. The molecular formula is C13H21N5. The first kappa shape index (κ1) is 12.7. The molecule has 0 unspecified atom stereocenters. The third-order valence-electron chi connectivity index (χ3n) is 3.00. The number of hydrogen-bond acceptors (Lipinski definition) is 3. The fourth-order valence-electron chi connectivity index (χ4n) is 2.14. The van der Waals surface area contributed by atoms with Crippen molar-refractivity contribution in [2.45, 2.75) is 46.7 Å². The maximum Gasteiger partial charge on any atom is 0.131 e. The predicted octanol–water partition coefficient (Wildman–Crippen LogP) is 2.46. The van der Waals surface area contributed by atoms with Gasteiger partial charge in [-0.15, -0.1) is 0 Å². The molecule has 0 amide bonds. The molecule has 98 valence electrons. The molecule has 0 radical (unpaired) electrons. The van der Waals surface area contributed by atoms with Gasteiger partial charge >= 0.3 is 0 Å². The van der Waals surface area contributed by atoms with Gasteiger partial charge in [-0.2, -0.15) is 5.10 Å². The van der Waals surface area contributed by atoms with E-state index in [9.17, 15) is 0 Å². The number of nitrogens with two attached hydrogens (primary N) is 1. The fourth-order valence-corrected chi connectivity index (χ4v) is 2.14. The van der Waals surface area contributed by atoms with Gasteiger partial charge in [0.15, 0.2) is 0 Å². The molecule has 0 aliphatic heterocycles. The van der Waals surface area contributed by atoms with E-state index in [0.717, 1.165) is 48.8 Å². The average molecular weight is 247 g/mol. The van der Waals surface area contributed by atoms with Crippen molar-refractivity contribution >= 4 is 5.82 Å². The minimum absolute atomic E-state index is 0.741. The fraction of sp³-hybridized carbons (Fsp3) is 0.538. The van der Waals surface area contributed by atoms with Crippen molar-refractivity contribution in [3.63, 3.8) is 0 Å². The van der Waals surface area contributed by atoms with Gasteiger partial charge in [-0.05, 0) is 19.8 Å². The molecule has 2 heterocycles. The Balaban J connectivity index is 2.35. The Morgan fingerprint density at radius 1 is 1.22 bits per heavy atom. The maximum atomic E-state index is 6.17. The van der Waals surface area contributed by atoms with Gasteiger partial charge in [-0.3, -0.25) is 4.68 Å². The van der Waals surface area contributed by atoms with Crippen molar-refractivity contribution in [1.29, 1.82) is 0 Å². The zero-order chi connectivity index (χ0) is 13.1. The number of nitrogen functional groups attached to an aromatic ring is 1. The highest BCUT2D eigenvalue weighted by atomic mass is 15.3. The van der Waals surface area contributed by atoms with E-state index in [1.54, 1.807) is 0 Å². The van der Waals surface area contributed by atoms with Crippen molar-refractivity contribution in [3.8, 4) is 11.3 Å². The summed E-state index contributed by atoms with van der Waals surface area (Å²) in [5.41, 5.74) is 8.02. The minimum atomic E-state index is 0.741. The topological polar surface area (TPSA) is 61.7 Å². The Bertz CT molecular complexity index is 523. The lowest BCUT2D eigenvalue weighted by atomic mass is 10.2. The molecule has 2 aromatic rings. The van der Waals surface area contributed by atoms with Crippen LogP contribution in [0.2, 0.25) is 0 Å². The number of hydrogen-bond donors (Lipinski definition) is 1. The van der Waals surface area contributed by atoms with Crippen molar-refractivity contribution in [2.24, 2.45) is 0 Å². The van der Waals surface area contributed by atoms with E-state index >= 15 is 0 Å². The molecule has 0 fully saturated rings. The lowest BCUT2D eigenvalue weighted by Crippen LogP contribution is -2.04. The van der Waals surface area contributed by atoms with Crippen LogP contribution in [0.15, 0.2) is 12.4 Å². The highest BCUT2D eigenvalue weighted by Gasteiger charge is 2.14. The van der Waals surface area contributed by atoms with Gasteiger partial charge in [0.25, 0.3) is 0 Å². The van der Waals surface area contributed by atoms with Crippen molar-refractivity contribution < 1.29 is 0 Å². The lowest BCUT2D eigenvalue weighted by molar-refractivity contribution is 0.603. The van der Waals surface area contributed by atoms with E-state index in [1.807, 2.05) is 24.0 Å². The Morgan fingerprint density at radius 2 is 1.94 bits per heavy atom. The van der Waals surface area contributed by atoms with Crippen LogP contribution in [0.3, 0.4) is 0 Å². The van der Waals surface area contributed by atoms with E-state index in [1.165, 1.54) is 0 Å². The smallest absolute Gasteiger partial charge is 0.131 e. The highest BCUT2D eigenvalue weighted by Crippen LogP contribution is 2.26. The number of nitrogens with zero attached hydrogens (tertiary/aromatic N) is 4. The van der Waals surface area contributed by atoms with Gasteiger partial charge in [0.1, 0.15) is 17.3 Å². The van der Waals surface area contributed by atoms with Gasteiger partial charge in [-0.25, -0.2) is 4.98 Å². The molecule has 2 N–H and O–H groups in total. The molecule has 0 bridgehead atoms. The summed E-state index contributed by atoms with van der Waals surface area (Å²) < 4.78 is 4.00. The van der Waals surface area contributed by atoms with Crippen LogP contribution in [0.25, 0.3) is 11.3 Å². The predicted molar refractivity (Wildman–Crippen MR) is 73.2 cm³/mol. The van der Waals surface area contributed by atoms with Crippen LogP contribution in [-0.4, -0.2) is 19.3 Å². The standard InChI is InChI=1S/C13H21N5/c1-4-6-17-9-11(8-15-17)12-13(14)18(7-5-2)10(3)16-12/h8-9H,4-7,14H2,1-3H3. The molecule has 0 aliphatic carbocycles. The summed E-state index contributed by atoms with van der Waals surface area (Å²) in [6.45, 7) is 8.10. The van der Waals surface area contributed by atoms with Crippen molar-refractivity contribution in [3.05, 3.63) is 18.2 Å². The zero-order valence-corrected chi connectivity index (χ0v) is 11.3. The molecule has 0 saturated carbocycles. The van der Waals surface area contributed by atoms with Gasteiger partial charge in [0.05, 0.1) is 6.20 Å². The molecule has 0 aliphatic rings. The molecule has 2 rings (SSSR count). The summed E-state index contributed by atoms with van der Waals surface area (Å²) >= 11 is 0. The summed E-state index contributed by atoms with van der Waals surface area (Å²) in [6, 6.07) is 0. The molecule has 0 saturated heterocycles. The number of rotatable bonds is 5. The molecule has 0 atom stereocenters. The average Bonchev–Trinajstić information content (AvgIpc) is 2.90. The highest BCUT2D eigenvalue weighted by molar-refractivity contribution is 5.69. The largest absolute Gasteiger partial charge is 0.383 e. The maximum absolute atomic E-state index is 6.17. The Kier molecular flexibility index (Phi) is 3.69. The SMILES string of the molecule is CCCn1cc(-c2nc(C)n(CCC)c2N)cn1. The Morgan fingerprint density at radius 3 is 2.61 bits per heavy atom. The third-order valence-corrected chi connectivity index (χ3v) is 3.00. The zero-order valence-electron chi connectivity index (χ0n) is 11.3. The first-order chi connectivity index (χ1) is 8.67. The lowest BCUT2D eigenvalue weighted by Gasteiger charge is -2.04. The van der Waals surface area contributed by atoms with Crippen molar-refractivity contribution in [1.82, 2.24) is 19.3 Å². The van der Waals surface area contributed by atoms with Crippen LogP contribution in [0, 0.1) is 6.92 Å². The van der Waals surface area contributed by atoms with Crippen LogP contribution in [0.4, 0.5) is 5.82 Å². The monoisotopic (exact) mass is 247 g/mol. The first-order valence-electron chi connectivity index (χ1n) is 6.52. The number of imidazole rings is 1. The minimum Gasteiger partial charge on any atom is -0.383 e. The molecule has 5 nitrogen and oxygen atoms in total. The summed E-state index contributed by atoms with van der Waals surface area (Å²) in [6.07, 6.45) is 5.97. The van der Waals surface area contributed by atoms with Gasteiger partial charge in [0, 0.05) is 24.8 Å². The van der Waals surface area contributed by atoms with Crippen LogP contribution in [0.1, 0.15) is 32.5 Å². The van der Waals surface area contributed by atoms with E-state index in [4.69, 9.17) is 5.73 Å². The summed E-state index contributed by atoms with van der Waals surface area (Å²) in [5, 5.41) is 4.32. The molecule has 2 aromatic heterocycles. The Hall–Kier alpha value is -1.78. The molecular weight excluding hydrogens is 226 g/mol. The molecule has 5 heteroatoms.